The molecule has 0 aliphatic carbocycles. The molecule has 1 unspecified atom stereocenters. The number of nitrogens with zero attached hydrogens (tertiary/aromatic N) is 2. The number of likely N-dealkylation sites (tertiary alicyclic amines) is 1. The molecule has 1 aromatic rings. The van der Waals surface area contributed by atoms with Crippen LogP contribution >= 0.6 is 24.0 Å². The van der Waals surface area contributed by atoms with Crippen LogP contribution in [-0.4, -0.2) is 63.4 Å². The monoisotopic (exact) mass is 504 g/mol. The molecule has 160 valence electrons. The highest BCUT2D eigenvalue weighted by Crippen LogP contribution is 2.15. The molecule has 0 amide bonds. The van der Waals surface area contributed by atoms with Crippen LogP contribution in [0.1, 0.15) is 37.8 Å². The van der Waals surface area contributed by atoms with Crippen molar-refractivity contribution in [1.82, 2.24) is 15.5 Å². The van der Waals surface area contributed by atoms with E-state index in [9.17, 15) is 0 Å². The summed E-state index contributed by atoms with van der Waals surface area (Å²) in [5.41, 5.74) is 2.40. The van der Waals surface area contributed by atoms with E-state index in [1.54, 1.807) is 0 Å². The fourth-order valence-corrected chi connectivity index (χ4v) is 3.45. The van der Waals surface area contributed by atoms with Crippen LogP contribution in [0, 0.1) is 0 Å². The summed E-state index contributed by atoms with van der Waals surface area (Å²) in [6.45, 7) is 10.9. The molecule has 0 radical (unpaired) electrons. The van der Waals surface area contributed by atoms with Crippen LogP contribution in [0.5, 0.6) is 0 Å². The van der Waals surface area contributed by atoms with E-state index in [2.05, 4.69) is 51.7 Å². The van der Waals surface area contributed by atoms with Gasteiger partial charge in [-0.3, -0.25) is 9.89 Å². The lowest BCUT2D eigenvalue weighted by Gasteiger charge is -2.24. The first-order valence-corrected chi connectivity index (χ1v) is 10.2. The Morgan fingerprint density at radius 1 is 1.18 bits per heavy atom. The molecule has 0 spiro atoms. The average molecular weight is 504 g/mol. The summed E-state index contributed by atoms with van der Waals surface area (Å²) in [4.78, 5) is 6.89. The van der Waals surface area contributed by atoms with E-state index in [-0.39, 0.29) is 24.0 Å². The number of hydrogen-bond donors (Lipinski definition) is 2. The Kier molecular flexibility index (Phi) is 13.5. The molecular formula is C21H37IN4O2. The van der Waals surface area contributed by atoms with E-state index >= 15 is 0 Å². The summed E-state index contributed by atoms with van der Waals surface area (Å²) >= 11 is 0. The van der Waals surface area contributed by atoms with E-state index in [0.717, 1.165) is 32.2 Å². The third-order valence-corrected chi connectivity index (χ3v) is 4.93. The van der Waals surface area contributed by atoms with Crippen LogP contribution in [0.25, 0.3) is 0 Å². The molecule has 1 heterocycles. The molecular weight excluding hydrogens is 467 g/mol. The van der Waals surface area contributed by atoms with Crippen molar-refractivity contribution >= 4 is 29.9 Å². The summed E-state index contributed by atoms with van der Waals surface area (Å²) in [6.07, 6.45) is 2.56. The van der Waals surface area contributed by atoms with Gasteiger partial charge >= 0.3 is 0 Å². The number of nitrogens with one attached hydrogen (secondary N) is 2. The van der Waals surface area contributed by atoms with Gasteiger partial charge in [-0.05, 0) is 44.0 Å². The average Bonchev–Trinajstić information content (AvgIpc) is 3.16. The van der Waals surface area contributed by atoms with Crippen LogP contribution in [0.3, 0.4) is 0 Å². The summed E-state index contributed by atoms with van der Waals surface area (Å²) in [7, 11) is 1.82. The molecule has 1 fully saturated rings. The molecule has 6 nitrogen and oxygen atoms in total. The highest BCUT2D eigenvalue weighted by Gasteiger charge is 2.22. The molecule has 1 aliphatic heterocycles. The van der Waals surface area contributed by atoms with Crippen LogP contribution < -0.4 is 10.6 Å². The molecule has 1 aromatic carbocycles. The number of benzene rings is 1. The molecule has 0 saturated carbocycles. The standard InChI is InChI=1S/C21H36N4O2.HI/c1-4-25-11-7-10-20(25)16-24-21(22-3)23-15-18-8-6-9-19(14-18)17-27-13-12-26-5-2;/h6,8-9,14,20H,4-5,7,10-13,15-17H2,1-3H3,(H2,22,23,24);1H. The third-order valence-electron chi connectivity index (χ3n) is 4.93. The Bertz CT molecular complexity index is 571. The van der Waals surface area contributed by atoms with Gasteiger partial charge in [-0.1, -0.05) is 31.2 Å². The minimum atomic E-state index is 0. The Labute approximate surface area is 187 Å². The summed E-state index contributed by atoms with van der Waals surface area (Å²) < 4.78 is 10.9. The minimum absolute atomic E-state index is 0. The number of likely N-dealkylation sites (N-methyl/N-ethyl adjacent to an activating group) is 1. The molecule has 1 aliphatic rings. The van der Waals surface area contributed by atoms with Gasteiger partial charge in [0.1, 0.15) is 0 Å². The van der Waals surface area contributed by atoms with E-state index in [1.165, 1.54) is 30.5 Å². The first-order chi connectivity index (χ1) is 13.3. The summed E-state index contributed by atoms with van der Waals surface area (Å²) in [5.74, 6) is 0.858. The minimum Gasteiger partial charge on any atom is -0.379 e. The molecule has 0 aromatic heterocycles. The summed E-state index contributed by atoms with van der Waals surface area (Å²) in [6, 6.07) is 9.09. The van der Waals surface area contributed by atoms with E-state index in [1.807, 2.05) is 14.0 Å². The predicted octanol–water partition coefficient (Wildman–Crippen LogP) is 3.01. The van der Waals surface area contributed by atoms with Gasteiger partial charge in [-0.2, -0.15) is 0 Å². The van der Waals surface area contributed by atoms with Crippen LogP contribution in [0.15, 0.2) is 29.3 Å². The van der Waals surface area contributed by atoms with Crippen LogP contribution in [-0.2, 0) is 22.6 Å². The molecule has 28 heavy (non-hydrogen) atoms. The Hall–Kier alpha value is -0.900. The normalized spacial score (nSPS) is 17.4. The number of ether oxygens (including phenoxy) is 2. The summed E-state index contributed by atoms with van der Waals surface area (Å²) in [5, 5.41) is 6.89. The Balaban J connectivity index is 0.00000392. The SMILES string of the molecule is CCOCCOCc1cccc(CNC(=NC)NCC2CCCN2CC)c1.I. The van der Waals surface area contributed by atoms with E-state index in [0.29, 0.717) is 25.9 Å². The Morgan fingerprint density at radius 3 is 2.71 bits per heavy atom. The molecule has 7 heteroatoms. The highest BCUT2D eigenvalue weighted by atomic mass is 127. The first-order valence-electron chi connectivity index (χ1n) is 10.2. The molecule has 1 atom stereocenters. The van der Waals surface area contributed by atoms with E-state index < -0.39 is 0 Å². The fraction of sp³-hybridized carbons (Fsp3) is 0.667. The lowest BCUT2D eigenvalue weighted by molar-refractivity contribution is 0.0453. The van der Waals surface area contributed by atoms with Crippen LogP contribution in [0.4, 0.5) is 0 Å². The van der Waals surface area contributed by atoms with Crippen molar-refractivity contribution in [1.29, 1.82) is 0 Å². The van der Waals surface area contributed by atoms with Gasteiger partial charge in [-0.25, -0.2) is 0 Å². The highest BCUT2D eigenvalue weighted by molar-refractivity contribution is 14.0. The fourth-order valence-electron chi connectivity index (χ4n) is 3.45. The van der Waals surface area contributed by atoms with Crippen molar-refractivity contribution in [2.75, 3.05) is 46.5 Å². The van der Waals surface area contributed by atoms with Crippen molar-refractivity contribution in [3.8, 4) is 0 Å². The number of rotatable bonds is 11. The van der Waals surface area contributed by atoms with Gasteiger partial charge in [-0.15, -0.1) is 24.0 Å². The zero-order valence-corrected chi connectivity index (χ0v) is 19.9. The second-order valence-corrected chi connectivity index (χ2v) is 6.80. The molecule has 1 saturated heterocycles. The predicted molar refractivity (Wildman–Crippen MR) is 126 cm³/mol. The largest absolute Gasteiger partial charge is 0.379 e. The van der Waals surface area contributed by atoms with Gasteiger partial charge in [0.05, 0.1) is 19.8 Å². The Morgan fingerprint density at radius 2 is 1.96 bits per heavy atom. The van der Waals surface area contributed by atoms with Gasteiger partial charge < -0.3 is 20.1 Å². The first kappa shape index (κ1) is 25.1. The zero-order valence-electron chi connectivity index (χ0n) is 17.6. The number of guanidine groups is 1. The maximum atomic E-state index is 5.65. The zero-order chi connectivity index (χ0) is 19.3. The molecule has 2 N–H and O–H groups in total. The van der Waals surface area contributed by atoms with Crippen molar-refractivity contribution in [2.45, 2.75) is 45.9 Å². The quantitative estimate of drug-likeness (QED) is 0.210. The maximum absolute atomic E-state index is 5.65. The van der Waals surface area contributed by atoms with Gasteiger partial charge in [0, 0.05) is 32.8 Å². The maximum Gasteiger partial charge on any atom is 0.191 e. The number of aliphatic imine (C=N–C) groups is 1. The number of halogens is 1. The van der Waals surface area contributed by atoms with Crippen LogP contribution in [0.2, 0.25) is 0 Å². The third kappa shape index (κ3) is 9.07. The van der Waals surface area contributed by atoms with E-state index in [4.69, 9.17) is 9.47 Å². The van der Waals surface area contributed by atoms with Gasteiger partial charge in [0.2, 0.25) is 0 Å². The second-order valence-electron chi connectivity index (χ2n) is 6.80. The van der Waals surface area contributed by atoms with Crippen molar-refractivity contribution in [2.24, 2.45) is 4.99 Å². The topological polar surface area (TPSA) is 58.1 Å². The van der Waals surface area contributed by atoms with Crippen molar-refractivity contribution in [3.63, 3.8) is 0 Å². The second kappa shape index (κ2) is 15.0. The lowest BCUT2D eigenvalue weighted by Crippen LogP contribution is -2.44. The van der Waals surface area contributed by atoms with Gasteiger partial charge in [0.25, 0.3) is 0 Å². The lowest BCUT2D eigenvalue weighted by atomic mass is 10.1. The molecule has 0 bridgehead atoms. The molecule has 2 rings (SSSR count). The smallest absolute Gasteiger partial charge is 0.191 e. The number of hydrogen-bond acceptors (Lipinski definition) is 4. The van der Waals surface area contributed by atoms with Gasteiger partial charge in [0.15, 0.2) is 5.96 Å². The van der Waals surface area contributed by atoms with Crippen molar-refractivity contribution in [3.05, 3.63) is 35.4 Å². The van der Waals surface area contributed by atoms with Crippen molar-refractivity contribution < 1.29 is 9.47 Å².